The van der Waals surface area contributed by atoms with Crippen molar-refractivity contribution in [3.63, 3.8) is 0 Å². The monoisotopic (exact) mass is 399 g/mol. The number of benzene rings is 2. The molecule has 0 radical (unpaired) electrons. The second kappa shape index (κ2) is 7.53. The van der Waals surface area contributed by atoms with E-state index in [2.05, 4.69) is 21.2 Å². The predicted molar refractivity (Wildman–Crippen MR) is 89.8 cm³/mol. The van der Waals surface area contributed by atoms with E-state index in [1.165, 1.54) is 31.4 Å². The van der Waals surface area contributed by atoms with E-state index in [-0.39, 0.29) is 5.69 Å². The summed E-state index contributed by atoms with van der Waals surface area (Å²) in [5, 5.41) is 2.24. The van der Waals surface area contributed by atoms with E-state index in [4.69, 9.17) is 4.74 Å². The second-order valence-electron chi connectivity index (χ2n) is 4.75. The molecule has 2 aromatic rings. The third-order valence-electron chi connectivity index (χ3n) is 3.10. The molecule has 0 saturated carbocycles. The topological polar surface area (TPSA) is 38.3 Å². The summed E-state index contributed by atoms with van der Waals surface area (Å²) in [4.78, 5) is 11.9. The van der Waals surface area contributed by atoms with Gasteiger partial charge >= 0.3 is 6.18 Å². The predicted octanol–water partition coefficient (Wildman–Crippen LogP) is 5.13. The normalized spacial score (nSPS) is 11.5. The second-order valence-corrected chi connectivity index (χ2v) is 5.67. The van der Waals surface area contributed by atoms with Crippen LogP contribution < -0.4 is 10.1 Å². The van der Waals surface area contributed by atoms with Gasteiger partial charge in [-0.05, 0) is 36.4 Å². The zero-order chi connectivity index (χ0) is 17.7. The molecule has 0 saturated heterocycles. The molecule has 1 N–H and O–H groups in total. The third kappa shape index (κ3) is 4.61. The summed E-state index contributed by atoms with van der Waals surface area (Å²) in [6, 6.07) is 10.0. The number of carbonyl (C=O) groups is 1. The minimum atomic E-state index is -4.54. The van der Waals surface area contributed by atoms with E-state index in [1.807, 2.05) is 0 Å². The Bertz CT molecular complexity index is 773. The molecule has 24 heavy (non-hydrogen) atoms. The number of anilines is 1. The van der Waals surface area contributed by atoms with Gasteiger partial charge in [0.1, 0.15) is 5.75 Å². The van der Waals surface area contributed by atoms with Gasteiger partial charge in [0.05, 0.1) is 18.4 Å². The molecule has 126 valence electrons. The molecule has 0 aliphatic carbocycles. The van der Waals surface area contributed by atoms with Crippen molar-refractivity contribution in [1.29, 1.82) is 0 Å². The van der Waals surface area contributed by atoms with Crippen LogP contribution in [0.15, 0.2) is 53.0 Å². The van der Waals surface area contributed by atoms with Crippen molar-refractivity contribution in [2.75, 3.05) is 12.4 Å². The number of hydrogen-bond acceptors (Lipinski definition) is 2. The fourth-order valence-electron chi connectivity index (χ4n) is 2.01. The van der Waals surface area contributed by atoms with Crippen molar-refractivity contribution in [2.24, 2.45) is 0 Å². The summed E-state index contributed by atoms with van der Waals surface area (Å²) in [6.07, 6.45) is -1.92. The van der Waals surface area contributed by atoms with Crippen LogP contribution in [0.4, 0.5) is 18.9 Å². The molecule has 0 bridgehead atoms. The molecule has 2 aromatic carbocycles. The highest BCUT2D eigenvalue weighted by Crippen LogP contribution is 2.34. The summed E-state index contributed by atoms with van der Waals surface area (Å²) in [6.45, 7) is 0. The molecule has 0 aromatic heterocycles. The van der Waals surface area contributed by atoms with Gasteiger partial charge in [-0.2, -0.15) is 13.2 Å². The van der Waals surface area contributed by atoms with Crippen LogP contribution >= 0.6 is 15.9 Å². The van der Waals surface area contributed by atoms with Crippen LogP contribution in [0.3, 0.4) is 0 Å². The molecule has 0 atom stereocenters. The molecule has 7 heteroatoms. The maximum absolute atomic E-state index is 12.9. The summed E-state index contributed by atoms with van der Waals surface area (Å²) in [5.74, 6) is -0.133. The molecule has 0 fully saturated rings. The first kappa shape index (κ1) is 18.1. The van der Waals surface area contributed by atoms with Crippen LogP contribution in [-0.4, -0.2) is 13.0 Å². The van der Waals surface area contributed by atoms with Crippen LogP contribution in [0.5, 0.6) is 5.75 Å². The third-order valence-corrected chi connectivity index (χ3v) is 3.59. The fourth-order valence-corrected chi connectivity index (χ4v) is 2.39. The zero-order valence-electron chi connectivity index (χ0n) is 12.5. The van der Waals surface area contributed by atoms with E-state index in [0.29, 0.717) is 11.3 Å². The standard InChI is InChI=1S/C17H13BrF3NO2/c1-24-15-8-7-12(18)10-11(15)6-9-16(23)22-14-5-3-2-4-13(14)17(19,20)21/h2-10H,1H3,(H,22,23)/b9-6+. The number of halogens is 4. The maximum atomic E-state index is 12.9. The number of para-hydroxylation sites is 1. The lowest BCUT2D eigenvalue weighted by Gasteiger charge is -2.12. The Labute approximate surface area is 145 Å². The van der Waals surface area contributed by atoms with Crippen molar-refractivity contribution in [3.05, 3.63) is 64.1 Å². The van der Waals surface area contributed by atoms with Crippen LogP contribution in [0.25, 0.3) is 6.08 Å². The first-order valence-electron chi connectivity index (χ1n) is 6.80. The Morgan fingerprint density at radius 3 is 2.58 bits per heavy atom. The lowest BCUT2D eigenvalue weighted by atomic mass is 10.1. The van der Waals surface area contributed by atoms with Gasteiger partial charge in [-0.15, -0.1) is 0 Å². The smallest absolute Gasteiger partial charge is 0.418 e. The average molecular weight is 400 g/mol. The number of rotatable bonds is 4. The zero-order valence-corrected chi connectivity index (χ0v) is 14.1. The van der Waals surface area contributed by atoms with Gasteiger partial charge in [-0.25, -0.2) is 0 Å². The van der Waals surface area contributed by atoms with E-state index in [0.717, 1.165) is 16.6 Å². The van der Waals surface area contributed by atoms with Crippen LogP contribution in [0.1, 0.15) is 11.1 Å². The van der Waals surface area contributed by atoms with Crippen LogP contribution in [-0.2, 0) is 11.0 Å². The Morgan fingerprint density at radius 2 is 1.92 bits per heavy atom. The summed E-state index contributed by atoms with van der Waals surface area (Å²) in [5.41, 5.74) is -0.571. The van der Waals surface area contributed by atoms with Crippen LogP contribution in [0.2, 0.25) is 0 Å². The molecular formula is C17H13BrF3NO2. The molecule has 0 unspecified atom stereocenters. The quantitative estimate of drug-likeness (QED) is 0.723. The molecule has 1 amide bonds. The van der Waals surface area contributed by atoms with Gasteiger partial charge in [0.2, 0.25) is 5.91 Å². The number of nitrogens with one attached hydrogen (secondary N) is 1. The van der Waals surface area contributed by atoms with Crippen molar-refractivity contribution in [1.82, 2.24) is 0 Å². The number of amides is 1. The van der Waals surface area contributed by atoms with Gasteiger partial charge < -0.3 is 10.1 Å². The van der Waals surface area contributed by atoms with Gasteiger partial charge in [0, 0.05) is 16.1 Å². The van der Waals surface area contributed by atoms with E-state index < -0.39 is 17.6 Å². The largest absolute Gasteiger partial charge is 0.496 e. The van der Waals surface area contributed by atoms with Crippen molar-refractivity contribution < 1.29 is 22.7 Å². The van der Waals surface area contributed by atoms with Gasteiger partial charge in [0.25, 0.3) is 0 Å². The highest BCUT2D eigenvalue weighted by molar-refractivity contribution is 9.10. The molecule has 2 rings (SSSR count). The number of alkyl halides is 3. The van der Waals surface area contributed by atoms with Gasteiger partial charge in [0.15, 0.2) is 0 Å². The molecule has 0 aliphatic heterocycles. The summed E-state index contributed by atoms with van der Waals surface area (Å²) >= 11 is 3.30. The molecule has 3 nitrogen and oxygen atoms in total. The molecule has 0 spiro atoms. The van der Waals surface area contributed by atoms with Crippen LogP contribution in [0, 0.1) is 0 Å². The van der Waals surface area contributed by atoms with Crippen molar-refractivity contribution >= 4 is 33.6 Å². The fraction of sp³-hybridized carbons (Fsp3) is 0.118. The Morgan fingerprint density at radius 1 is 1.21 bits per heavy atom. The van der Waals surface area contributed by atoms with Gasteiger partial charge in [-0.1, -0.05) is 28.1 Å². The highest BCUT2D eigenvalue weighted by atomic mass is 79.9. The molecule has 0 aliphatic rings. The van der Waals surface area contributed by atoms with Crippen molar-refractivity contribution in [2.45, 2.75) is 6.18 Å². The Hall–Kier alpha value is -2.28. The average Bonchev–Trinajstić information content (AvgIpc) is 2.52. The lowest BCUT2D eigenvalue weighted by molar-refractivity contribution is -0.136. The van der Waals surface area contributed by atoms with Gasteiger partial charge in [-0.3, -0.25) is 4.79 Å². The summed E-state index contributed by atoms with van der Waals surface area (Å²) in [7, 11) is 1.49. The summed E-state index contributed by atoms with van der Waals surface area (Å²) < 4.78 is 44.7. The lowest BCUT2D eigenvalue weighted by Crippen LogP contribution is -2.14. The number of ether oxygens (including phenoxy) is 1. The van der Waals surface area contributed by atoms with Crippen molar-refractivity contribution in [3.8, 4) is 5.75 Å². The maximum Gasteiger partial charge on any atom is 0.418 e. The van der Waals surface area contributed by atoms with E-state index >= 15 is 0 Å². The minimum absolute atomic E-state index is 0.291. The first-order valence-corrected chi connectivity index (χ1v) is 7.59. The first-order chi connectivity index (χ1) is 11.3. The molecular weight excluding hydrogens is 387 g/mol. The number of carbonyl (C=O) groups excluding carboxylic acids is 1. The Balaban J connectivity index is 2.19. The van der Waals surface area contributed by atoms with E-state index in [1.54, 1.807) is 18.2 Å². The Kier molecular flexibility index (Phi) is 5.66. The van der Waals surface area contributed by atoms with E-state index in [9.17, 15) is 18.0 Å². The number of methoxy groups -OCH3 is 1. The SMILES string of the molecule is COc1ccc(Br)cc1/C=C/C(=O)Nc1ccccc1C(F)(F)F. The highest BCUT2D eigenvalue weighted by Gasteiger charge is 2.33. The molecule has 0 heterocycles. The number of hydrogen-bond donors (Lipinski definition) is 1. The minimum Gasteiger partial charge on any atom is -0.496 e.